The highest BCUT2D eigenvalue weighted by molar-refractivity contribution is 7.89. The summed E-state index contributed by atoms with van der Waals surface area (Å²) in [6.07, 6.45) is 5.84. The molecule has 3 rings (SSSR count). The first kappa shape index (κ1) is 18.5. The molecular formula is C20H25N3O2S. The first-order valence-corrected chi connectivity index (χ1v) is 10.9. The molecule has 0 heterocycles. The summed E-state index contributed by atoms with van der Waals surface area (Å²) in [5.41, 5.74) is 11.5. The van der Waals surface area contributed by atoms with Gasteiger partial charge in [0, 0.05) is 11.9 Å². The highest BCUT2D eigenvalue weighted by atomic mass is 32.2. The van der Waals surface area contributed by atoms with Crippen LogP contribution in [0, 0.1) is 0 Å². The SMILES string of the molecule is CS(=O)(=O)Cc1ccccc1CN=C(N)Nc1cccc2c1CCCC2. The Hall–Kier alpha value is -2.34. The number of nitrogens with two attached hydrogens (primary N) is 1. The van der Waals surface area contributed by atoms with Crippen LogP contribution in [-0.4, -0.2) is 20.6 Å². The third-order valence-corrected chi connectivity index (χ3v) is 5.45. The van der Waals surface area contributed by atoms with Crippen LogP contribution in [0.4, 0.5) is 5.69 Å². The van der Waals surface area contributed by atoms with E-state index in [1.807, 2.05) is 36.4 Å². The van der Waals surface area contributed by atoms with Crippen LogP contribution in [-0.2, 0) is 35.0 Å². The summed E-state index contributed by atoms with van der Waals surface area (Å²) in [5, 5.41) is 3.22. The number of aryl methyl sites for hydroxylation is 1. The van der Waals surface area contributed by atoms with Gasteiger partial charge in [-0.2, -0.15) is 0 Å². The van der Waals surface area contributed by atoms with E-state index in [2.05, 4.69) is 16.4 Å². The Kier molecular flexibility index (Phi) is 5.61. The van der Waals surface area contributed by atoms with Gasteiger partial charge in [-0.1, -0.05) is 36.4 Å². The lowest BCUT2D eigenvalue weighted by molar-refractivity contribution is 0.601. The molecule has 0 aromatic heterocycles. The van der Waals surface area contributed by atoms with Crippen molar-refractivity contribution < 1.29 is 8.42 Å². The van der Waals surface area contributed by atoms with Crippen LogP contribution in [0.15, 0.2) is 47.5 Å². The van der Waals surface area contributed by atoms with E-state index in [0.717, 1.165) is 29.7 Å². The molecule has 0 fully saturated rings. The van der Waals surface area contributed by atoms with Crippen LogP contribution >= 0.6 is 0 Å². The number of aliphatic imine (C=N–C) groups is 1. The molecule has 0 saturated heterocycles. The number of nitrogens with zero attached hydrogens (tertiary/aromatic N) is 1. The topological polar surface area (TPSA) is 84.5 Å². The number of guanidine groups is 1. The Balaban J connectivity index is 1.74. The molecule has 2 aromatic rings. The molecule has 0 saturated carbocycles. The number of hydrogen-bond donors (Lipinski definition) is 2. The Morgan fingerprint density at radius 3 is 2.58 bits per heavy atom. The number of anilines is 1. The first-order chi connectivity index (χ1) is 12.4. The number of rotatable bonds is 5. The summed E-state index contributed by atoms with van der Waals surface area (Å²) < 4.78 is 23.2. The standard InChI is InChI=1S/C20H25N3O2S/c1-26(24,25)14-17-9-3-2-8-16(17)13-22-20(21)23-19-12-6-10-15-7-4-5-11-18(15)19/h2-3,6,8-10,12H,4-5,7,11,13-14H2,1H3,(H3,21,22,23). The lowest BCUT2D eigenvalue weighted by Crippen LogP contribution is -2.24. The van der Waals surface area contributed by atoms with Crippen LogP contribution in [0.1, 0.15) is 35.1 Å². The number of benzene rings is 2. The van der Waals surface area contributed by atoms with Crippen molar-refractivity contribution in [3.05, 3.63) is 64.7 Å². The minimum atomic E-state index is -3.09. The molecule has 1 aliphatic carbocycles. The van der Waals surface area contributed by atoms with Crippen LogP contribution in [0.3, 0.4) is 0 Å². The van der Waals surface area contributed by atoms with Gasteiger partial charge in [-0.15, -0.1) is 0 Å². The summed E-state index contributed by atoms with van der Waals surface area (Å²) in [5.74, 6) is 0.358. The molecule has 26 heavy (non-hydrogen) atoms. The fraction of sp³-hybridized carbons (Fsp3) is 0.350. The highest BCUT2D eigenvalue weighted by Gasteiger charge is 2.13. The van der Waals surface area contributed by atoms with Gasteiger partial charge in [0.05, 0.1) is 12.3 Å². The van der Waals surface area contributed by atoms with E-state index in [4.69, 9.17) is 5.73 Å². The minimum absolute atomic E-state index is 0.0121. The van der Waals surface area contributed by atoms with Gasteiger partial charge >= 0.3 is 0 Å². The fourth-order valence-corrected chi connectivity index (χ4v) is 4.23. The van der Waals surface area contributed by atoms with E-state index in [9.17, 15) is 8.42 Å². The second-order valence-corrected chi connectivity index (χ2v) is 8.96. The number of nitrogens with one attached hydrogen (secondary N) is 1. The zero-order valence-electron chi connectivity index (χ0n) is 15.0. The fourth-order valence-electron chi connectivity index (χ4n) is 3.38. The molecule has 1 aliphatic rings. The zero-order chi connectivity index (χ0) is 18.6. The average molecular weight is 372 g/mol. The van der Waals surface area contributed by atoms with Crippen LogP contribution in [0.25, 0.3) is 0 Å². The third-order valence-electron chi connectivity index (χ3n) is 4.61. The molecular weight excluding hydrogens is 346 g/mol. The van der Waals surface area contributed by atoms with E-state index >= 15 is 0 Å². The maximum atomic E-state index is 11.6. The monoisotopic (exact) mass is 371 g/mol. The molecule has 0 atom stereocenters. The Morgan fingerprint density at radius 1 is 1.08 bits per heavy atom. The van der Waals surface area contributed by atoms with E-state index in [0.29, 0.717) is 12.5 Å². The van der Waals surface area contributed by atoms with Crippen LogP contribution in [0.5, 0.6) is 0 Å². The molecule has 2 aromatic carbocycles. The van der Waals surface area contributed by atoms with Crippen molar-refractivity contribution in [3.63, 3.8) is 0 Å². The summed E-state index contributed by atoms with van der Waals surface area (Å²) >= 11 is 0. The Labute approximate surface area is 155 Å². The molecule has 5 nitrogen and oxygen atoms in total. The molecule has 3 N–H and O–H groups in total. The molecule has 0 amide bonds. The zero-order valence-corrected chi connectivity index (χ0v) is 15.8. The molecule has 0 radical (unpaired) electrons. The van der Waals surface area contributed by atoms with Crippen LogP contribution in [0.2, 0.25) is 0 Å². The Morgan fingerprint density at radius 2 is 1.81 bits per heavy atom. The van der Waals surface area contributed by atoms with Crippen molar-refractivity contribution >= 4 is 21.5 Å². The molecule has 0 spiro atoms. The van der Waals surface area contributed by atoms with Gasteiger partial charge in [-0.05, 0) is 54.0 Å². The highest BCUT2D eigenvalue weighted by Crippen LogP contribution is 2.27. The van der Waals surface area contributed by atoms with Gasteiger partial charge in [-0.3, -0.25) is 0 Å². The van der Waals surface area contributed by atoms with Crippen molar-refractivity contribution in [2.24, 2.45) is 10.7 Å². The van der Waals surface area contributed by atoms with Gasteiger partial charge in [0.2, 0.25) is 0 Å². The first-order valence-electron chi connectivity index (χ1n) is 8.84. The van der Waals surface area contributed by atoms with Gasteiger partial charge < -0.3 is 11.1 Å². The van der Waals surface area contributed by atoms with Gasteiger partial charge in [0.25, 0.3) is 0 Å². The molecule has 0 unspecified atom stereocenters. The van der Waals surface area contributed by atoms with Crippen LogP contribution < -0.4 is 11.1 Å². The van der Waals surface area contributed by atoms with E-state index in [1.165, 1.54) is 30.2 Å². The molecule has 6 heteroatoms. The number of sulfone groups is 1. The summed E-state index contributed by atoms with van der Waals surface area (Å²) in [7, 11) is -3.09. The summed E-state index contributed by atoms with van der Waals surface area (Å²) in [6, 6.07) is 13.7. The predicted molar refractivity (Wildman–Crippen MR) is 107 cm³/mol. The maximum Gasteiger partial charge on any atom is 0.193 e. The summed E-state index contributed by atoms with van der Waals surface area (Å²) in [6.45, 7) is 0.347. The molecule has 0 bridgehead atoms. The lowest BCUT2D eigenvalue weighted by atomic mass is 9.90. The van der Waals surface area contributed by atoms with Gasteiger partial charge in [0.15, 0.2) is 15.8 Å². The van der Waals surface area contributed by atoms with E-state index in [1.54, 1.807) is 0 Å². The summed E-state index contributed by atoms with van der Waals surface area (Å²) in [4.78, 5) is 4.42. The third kappa shape index (κ3) is 4.85. The second-order valence-electron chi connectivity index (χ2n) is 6.82. The van der Waals surface area contributed by atoms with Crippen molar-refractivity contribution in [2.75, 3.05) is 11.6 Å². The Bertz CT molecular complexity index is 920. The second kappa shape index (κ2) is 7.91. The predicted octanol–water partition coefficient (Wildman–Crippen LogP) is 3.04. The van der Waals surface area contributed by atoms with Crippen molar-refractivity contribution in [1.82, 2.24) is 0 Å². The normalized spacial score (nSPS) is 14.7. The van der Waals surface area contributed by atoms with E-state index < -0.39 is 9.84 Å². The smallest absolute Gasteiger partial charge is 0.193 e. The van der Waals surface area contributed by atoms with Gasteiger partial charge in [-0.25, -0.2) is 13.4 Å². The number of fused-ring (bicyclic) bond motifs is 1. The lowest BCUT2D eigenvalue weighted by Gasteiger charge is -2.19. The van der Waals surface area contributed by atoms with Crippen molar-refractivity contribution in [3.8, 4) is 0 Å². The maximum absolute atomic E-state index is 11.6. The average Bonchev–Trinajstić information content (AvgIpc) is 2.60. The van der Waals surface area contributed by atoms with E-state index in [-0.39, 0.29) is 5.75 Å². The van der Waals surface area contributed by atoms with Crippen molar-refractivity contribution in [1.29, 1.82) is 0 Å². The largest absolute Gasteiger partial charge is 0.370 e. The number of hydrogen-bond acceptors (Lipinski definition) is 3. The van der Waals surface area contributed by atoms with Gasteiger partial charge in [0.1, 0.15) is 0 Å². The molecule has 138 valence electrons. The van der Waals surface area contributed by atoms with Crippen molar-refractivity contribution in [2.45, 2.75) is 38.0 Å². The quantitative estimate of drug-likeness (QED) is 0.625. The molecule has 0 aliphatic heterocycles. The minimum Gasteiger partial charge on any atom is -0.370 e.